The lowest BCUT2D eigenvalue weighted by Crippen LogP contribution is -2.41. The molecule has 0 saturated heterocycles. The monoisotopic (exact) mass is 663 g/mol. The summed E-state index contributed by atoms with van der Waals surface area (Å²) in [5.74, 6) is 0.0648. The lowest BCUT2D eigenvalue weighted by Gasteiger charge is -2.36. The quantitative estimate of drug-likeness (QED) is 0.118. The Morgan fingerprint density at radius 3 is 2.24 bits per heavy atom. The van der Waals surface area contributed by atoms with Gasteiger partial charge in [0.1, 0.15) is 12.9 Å². The molecule has 1 N–H and O–H groups in total. The van der Waals surface area contributed by atoms with Gasteiger partial charge in [-0.05, 0) is 49.3 Å². The summed E-state index contributed by atoms with van der Waals surface area (Å²) in [6.45, 7) is 12.6. The Balaban J connectivity index is 1.92. The molecule has 0 amide bonds. The summed E-state index contributed by atoms with van der Waals surface area (Å²) in [6, 6.07) is 10.7. The van der Waals surface area contributed by atoms with Crippen LogP contribution in [0.2, 0.25) is 18.1 Å². The van der Waals surface area contributed by atoms with Crippen LogP contribution >= 0.6 is 0 Å². The van der Waals surface area contributed by atoms with Crippen molar-refractivity contribution in [1.29, 1.82) is 0 Å². The van der Waals surface area contributed by atoms with Gasteiger partial charge in [-0.15, -0.1) is 0 Å². The van der Waals surface area contributed by atoms with Crippen LogP contribution in [0.15, 0.2) is 53.7 Å². The molecule has 1 heterocycles. The zero-order valence-corrected chi connectivity index (χ0v) is 28.6. The highest BCUT2D eigenvalue weighted by atomic mass is 32.2. The number of methoxy groups -OCH3 is 2. The number of nitrogens with one attached hydrogen (secondary N) is 1. The van der Waals surface area contributed by atoms with E-state index >= 15 is 0 Å². The second-order valence-corrected chi connectivity index (χ2v) is 17.6. The van der Waals surface area contributed by atoms with Crippen molar-refractivity contribution in [3.8, 4) is 34.6 Å². The molecule has 246 valence electrons. The Morgan fingerprint density at radius 2 is 1.60 bits per heavy atom. The topological polar surface area (TPSA) is 154 Å². The van der Waals surface area contributed by atoms with Crippen molar-refractivity contribution in [1.82, 2.24) is 9.97 Å². The van der Waals surface area contributed by atoms with Gasteiger partial charge in [0.2, 0.25) is 5.75 Å². The second kappa shape index (κ2) is 15.3. The minimum Gasteiger partial charge on any atom is -0.493 e. The van der Waals surface area contributed by atoms with Crippen molar-refractivity contribution in [2.24, 2.45) is 0 Å². The second-order valence-electron chi connectivity index (χ2n) is 11.1. The van der Waals surface area contributed by atoms with E-state index in [-0.39, 0.29) is 64.5 Å². The predicted octanol–water partition coefficient (Wildman–Crippen LogP) is 5.43. The van der Waals surface area contributed by atoms with Gasteiger partial charge >= 0.3 is 5.97 Å². The van der Waals surface area contributed by atoms with E-state index in [1.165, 1.54) is 32.4 Å². The zero-order valence-electron chi connectivity index (χ0n) is 26.8. The third kappa shape index (κ3) is 9.45. The average molecular weight is 664 g/mol. The first kappa shape index (κ1) is 35.4. The fourth-order valence-corrected chi connectivity index (χ4v) is 5.60. The van der Waals surface area contributed by atoms with Crippen LogP contribution in [-0.4, -0.2) is 73.3 Å². The van der Waals surface area contributed by atoms with Crippen molar-refractivity contribution < 1.29 is 46.1 Å². The van der Waals surface area contributed by atoms with Crippen LogP contribution in [0.3, 0.4) is 0 Å². The summed E-state index contributed by atoms with van der Waals surface area (Å²) in [4.78, 5) is 19.9. The third-order valence-electron chi connectivity index (χ3n) is 6.97. The number of nitrogens with zero attached hydrogens (tertiary/aromatic N) is 2. The molecule has 0 radical (unpaired) electrons. The van der Waals surface area contributed by atoms with Gasteiger partial charge in [0.05, 0.1) is 32.3 Å². The van der Waals surface area contributed by atoms with E-state index < -0.39 is 24.3 Å². The first-order valence-electron chi connectivity index (χ1n) is 14.1. The van der Waals surface area contributed by atoms with Crippen molar-refractivity contribution >= 4 is 30.1 Å². The molecule has 0 unspecified atom stereocenters. The summed E-state index contributed by atoms with van der Waals surface area (Å²) in [5.41, 5.74) is 0. The highest BCUT2D eigenvalue weighted by Gasteiger charge is 2.37. The SMILES string of the molecule is CCOC(=O)COc1ccc(S(=O)(=O)Nc2ncnc(OCCO[Si](C)(C)C(C)(C)C)c2Oc2ccccc2OC)cc1OC. The first-order valence-corrected chi connectivity index (χ1v) is 18.5. The maximum atomic E-state index is 13.6. The van der Waals surface area contributed by atoms with Crippen molar-refractivity contribution in [2.75, 3.05) is 45.4 Å². The number of hydrogen-bond donors (Lipinski definition) is 1. The molecular weight excluding hydrogens is 622 g/mol. The molecule has 0 aliphatic rings. The number of ether oxygens (including phenoxy) is 6. The Morgan fingerprint density at radius 1 is 0.911 bits per heavy atom. The number of hydrogen-bond acceptors (Lipinski definition) is 12. The van der Waals surface area contributed by atoms with Crippen LogP contribution in [0.4, 0.5) is 5.82 Å². The van der Waals surface area contributed by atoms with Crippen molar-refractivity contribution in [2.45, 2.75) is 50.7 Å². The van der Waals surface area contributed by atoms with Crippen LogP contribution < -0.4 is 28.4 Å². The molecule has 0 aliphatic heterocycles. The highest BCUT2D eigenvalue weighted by molar-refractivity contribution is 7.92. The van der Waals surface area contributed by atoms with Crippen molar-refractivity contribution in [3.63, 3.8) is 0 Å². The Hall–Kier alpha value is -4.08. The molecule has 3 aromatic rings. The van der Waals surface area contributed by atoms with Gasteiger partial charge in [-0.3, -0.25) is 4.72 Å². The highest BCUT2D eigenvalue weighted by Crippen LogP contribution is 2.41. The third-order valence-corrected chi connectivity index (χ3v) is 12.8. The maximum absolute atomic E-state index is 13.6. The van der Waals surface area contributed by atoms with E-state index in [9.17, 15) is 13.2 Å². The number of carbonyl (C=O) groups is 1. The molecule has 0 saturated carbocycles. The molecular formula is C30H41N3O10SSi. The largest absolute Gasteiger partial charge is 0.493 e. The van der Waals surface area contributed by atoms with Crippen LogP contribution in [0.5, 0.6) is 34.6 Å². The van der Waals surface area contributed by atoms with E-state index in [2.05, 4.69) is 48.6 Å². The van der Waals surface area contributed by atoms with E-state index in [0.717, 1.165) is 6.33 Å². The summed E-state index contributed by atoms with van der Waals surface area (Å²) >= 11 is 0. The van der Waals surface area contributed by atoms with Crippen LogP contribution in [0, 0.1) is 0 Å². The number of rotatable bonds is 16. The molecule has 0 bridgehead atoms. The lowest BCUT2D eigenvalue weighted by atomic mass is 10.2. The number of carbonyl (C=O) groups excluding carboxylic acids is 1. The fraction of sp³-hybridized carbons (Fsp3) is 0.433. The smallest absolute Gasteiger partial charge is 0.344 e. The van der Waals surface area contributed by atoms with Gasteiger partial charge in [0.15, 0.2) is 43.7 Å². The van der Waals surface area contributed by atoms with Crippen molar-refractivity contribution in [3.05, 3.63) is 48.8 Å². The number of benzene rings is 2. The Labute approximate surface area is 265 Å². The zero-order chi connectivity index (χ0) is 33.3. The molecule has 3 rings (SSSR count). The molecule has 0 aliphatic carbocycles. The van der Waals surface area contributed by atoms with Gasteiger partial charge in [0, 0.05) is 6.07 Å². The fourth-order valence-electron chi connectivity index (χ4n) is 3.55. The van der Waals surface area contributed by atoms with E-state index in [1.54, 1.807) is 31.2 Å². The van der Waals surface area contributed by atoms with E-state index in [4.69, 9.17) is 32.8 Å². The molecule has 0 fully saturated rings. The predicted molar refractivity (Wildman–Crippen MR) is 170 cm³/mol. The molecule has 15 heteroatoms. The molecule has 0 atom stereocenters. The molecule has 0 spiro atoms. The molecule has 45 heavy (non-hydrogen) atoms. The Bertz CT molecular complexity index is 1560. The van der Waals surface area contributed by atoms with Gasteiger partial charge in [-0.2, -0.15) is 4.98 Å². The van der Waals surface area contributed by atoms with Gasteiger partial charge in [-0.1, -0.05) is 32.9 Å². The number of esters is 1. The van der Waals surface area contributed by atoms with Gasteiger partial charge in [-0.25, -0.2) is 18.2 Å². The van der Waals surface area contributed by atoms with Crippen LogP contribution in [0.25, 0.3) is 0 Å². The summed E-state index contributed by atoms with van der Waals surface area (Å²) < 4.78 is 68.8. The molecule has 1 aromatic heterocycles. The number of para-hydroxylation sites is 2. The first-order chi connectivity index (χ1) is 21.2. The number of sulfonamides is 1. The Kier molecular flexibility index (Phi) is 12.0. The minimum atomic E-state index is -4.26. The number of anilines is 1. The average Bonchev–Trinajstić information content (AvgIpc) is 2.99. The van der Waals surface area contributed by atoms with Crippen LogP contribution in [-0.2, 0) is 24.0 Å². The maximum Gasteiger partial charge on any atom is 0.344 e. The van der Waals surface area contributed by atoms with Gasteiger partial charge < -0.3 is 32.8 Å². The standard InChI is InChI=1S/C30H41N3O10SSi/c1-9-39-26(34)19-41-23-15-14-21(18-25(23)38-6)44(35,36)33-28-27(43-24-13-11-10-12-22(24)37-5)29(32-20-31-28)40-16-17-42-45(7,8)30(2,3)4/h10-15,18,20H,9,16-17,19H2,1-8H3,(H,31,32,33). The molecule has 2 aromatic carbocycles. The van der Waals surface area contributed by atoms with E-state index in [0.29, 0.717) is 12.4 Å². The summed E-state index contributed by atoms with van der Waals surface area (Å²) in [6.07, 6.45) is 1.16. The van der Waals surface area contributed by atoms with Crippen LogP contribution in [0.1, 0.15) is 27.7 Å². The lowest BCUT2D eigenvalue weighted by molar-refractivity contribution is -0.145. The summed E-state index contributed by atoms with van der Waals surface area (Å²) in [7, 11) is -3.47. The number of aromatic nitrogens is 2. The normalized spacial score (nSPS) is 11.8. The van der Waals surface area contributed by atoms with Gasteiger partial charge in [0.25, 0.3) is 15.9 Å². The molecule has 13 nitrogen and oxygen atoms in total. The minimum absolute atomic E-state index is 0.00673. The summed E-state index contributed by atoms with van der Waals surface area (Å²) in [5, 5.41) is 0.0133. The van der Waals surface area contributed by atoms with E-state index in [1.807, 2.05) is 0 Å².